The van der Waals surface area contributed by atoms with E-state index in [0.29, 0.717) is 19.6 Å². The molecule has 37 heavy (non-hydrogen) atoms. The lowest BCUT2D eigenvalue weighted by molar-refractivity contribution is -0.162. The van der Waals surface area contributed by atoms with Gasteiger partial charge in [0, 0.05) is 0 Å². The molecule has 4 heteroatoms. The van der Waals surface area contributed by atoms with Crippen LogP contribution in [0.25, 0.3) is 0 Å². The molecule has 0 aliphatic rings. The van der Waals surface area contributed by atoms with E-state index >= 15 is 0 Å². The van der Waals surface area contributed by atoms with E-state index < -0.39 is 5.92 Å². The molecule has 0 amide bonds. The molecule has 0 aromatic carbocycles. The van der Waals surface area contributed by atoms with Crippen LogP contribution in [-0.4, -0.2) is 25.2 Å². The highest BCUT2D eigenvalue weighted by atomic mass is 16.6. The summed E-state index contributed by atoms with van der Waals surface area (Å²) in [5.41, 5.74) is 0. The molecule has 0 saturated heterocycles. The fourth-order valence-corrected chi connectivity index (χ4v) is 4.83. The largest absolute Gasteiger partial charge is 0.465 e. The van der Waals surface area contributed by atoms with Gasteiger partial charge >= 0.3 is 11.9 Å². The lowest BCUT2D eigenvalue weighted by atomic mass is 9.99. The minimum atomic E-state index is -0.746. The zero-order valence-corrected chi connectivity index (χ0v) is 25.3. The summed E-state index contributed by atoms with van der Waals surface area (Å²) in [6.07, 6.45) is 30.1. The number of hydrogen-bond donors (Lipinski definition) is 0. The van der Waals surface area contributed by atoms with Crippen molar-refractivity contribution in [2.45, 2.75) is 181 Å². The molecule has 0 unspecified atom stereocenters. The summed E-state index contributed by atoms with van der Waals surface area (Å²) in [5, 5.41) is 0. The summed E-state index contributed by atoms with van der Waals surface area (Å²) >= 11 is 0. The zero-order chi connectivity index (χ0) is 27.2. The molecule has 0 fully saturated rings. The van der Waals surface area contributed by atoms with Gasteiger partial charge in [-0.2, -0.15) is 0 Å². The predicted molar refractivity (Wildman–Crippen MR) is 158 cm³/mol. The van der Waals surface area contributed by atoms with E-state index in [1.807, 2.05) is 0 Å². The van der Waals surface area contributed by atoms with Gasteiger partial charge in [-0.3, -0.25) is 9.59 Å². The molecule has 0 N–H and O–H groups in total. The molecule has 0 heterocycles. The van der Waals surface area contributed by atoms with Crippen molar-refractivity contribution in [2.75, 3.05) is 13.2 Å². The van der Waals surface area contributed by atoms with Crippen molar-refractivity contribution in [3.05, 3.63) is 0 Å². The van der Waals surface area contributed by atoms with Crippen LogP contribution in [0, 0.1) is 5.92 Å². The lowest BCUT2D eigenvalue weighted by Crippen LogP contribution is -2.28. The van der Waals surface area contributed by atoms with Gasteiger partial charge < -0.3 is 9.47 Å². The van der Waals surface area contributed by atoms with Crippen LogP contribution in [0.4, 0.5) is 0 Å². The van der Waals surface area contributed by atoms with Gasteiger partial charge in [-0.25, -0.2) is 0 Å². The highest BCUT2D eigenvalue weighted by molar-refractivity contribution is 5.94. The third-order valence-corrected chi connectivity index (χ3v) is 7.40. The summed E-state index contributed by atoms with van der Waals surface area (Å²) in [7, 11) is 0. The van der Waals surface area contributed by atoms with Gasteiger partial charge in [-0.15, -0.1) is 0 Å². The van der Waals surface area contributed by atoms with E-state index in [1.165, 1.54) is 89.9 Å². The van der Waals surface area contributed by atoms with Crippen LogP contribution in [0.3, 0.4) is 0 Å². The number of hydrogen-bond acceptors (Lipinski definition) is 4. The number of ether oxygens (including phenoxy) is 2. The van der Waals surface area contributed by atoms with Gasteiger partial charge in [0.1, 0.15) is 0 Å². The SMILES string of the molecule is CCCCCCCCCCCCCCCCCCC(C(=O)OCCCCCC)C(=O)OCCCCCC. The quantitative estimate of drug-likeness (QED) is 0.0554. The van der Waals surface area contributed by atoms with Crippen molar-refractivity contribution >= 4 is 11.9 Å². The molecule has 0 saturated carbocycles. The molecule has 0 aliphatic carbocycles. The van der Waals surface area contributed by atoms with Crippen molar-refractivity contribution in [3.8, 4) is 0 Å². The molecule has 0 rings (SSSR count). The smallest absolute Gasteiger partial charge is 0.320 e. The molecule has 0 aliphatic heterocycles. The van der Waals surface area contributed by atoms with Crippen LogP contribution < -0.4 is 0 Å². The second kappa shape index (κ2) is 29.5. The van der Waals surface area contributed by atoms with Crippen LogP contribution in [0.2, 0.25) is 0 Å². The van der Waals surface area contributed by atoms with Crippen molar-refractivity contribution in [3.63, 3.8) is 0 Å². The van der Waals surface area contributed by atoms with Crippen molar-refractivity contribution < 1.29 is 19.1 Å². The summed E-state index contributed by atoms with van der Waals surface area (Å²) in [4.78, 5) is 25.2. The highest BCUT2D eigenvalue weighted by Crippen LogP contribution is 2.18. The molecule has 0 aromatic rings. The molecular weight excluding hydrogens is 460 g/mol. The van der Waals surface area contributed by atoms with Crippen molar-refractivity contribution in [1.29, 1.82) is 0 Å². The fourth-order valence-electron chi connectivity index (χ4n) is 4.83. The first kappa shape index (κ1) is 35.9. The van der Waals surface area contributed by atoms with Crippen LogP contribution >= 0.6 is 0 Å². The topological polar surface area (TPSA) is 52.6 Å². The van der Waals surface area contributed by atoms with E-state index in [2.05, 4.69) is 20.8 Å². The Morgan fingerprint density at radius 1 is 0.405 bits per heavy atom. The van der Waals surface area contributed by atoms with Crippen LogP contribution in [0.15, 0.2) is 0 Å². The Labute approximate surface area is 231 Å². The molecule has 4 nitrogen and oxygen atoms in total. The van der Waals surface area contributed by atoms with Crippen LogP contribution in [0.5, 0.6) is 0 Å². The van der Waals surface area contributed by atoms with Crippen molar-refractivity contribution in [2.24, 2.45) is 5.92 Å². The number of carbonyl (C=O) groups is 2. The first-order valence-electron chi connectivity index (χ1n) is 16.5. The molecule has 220 valence electrons. The summed E-state index contributed by atoms with van der Waals surface area (Å²) in [5.74, 6) is -1.50. The Kier molecular flexibility index (Phi) is 28.7. The van der Waals surface area contributed by atoms with Gasteiger partial charge in [-0.05, 0) is 19.3 Å². The van der Waals surface area contributed by atoms with Gasteiger partial charge in [0.15, 0.2) is 5.92 Å². The van der Waals surface area contributed by atoms with Crippen molar-refractivity contribution in [1.82, 2.24) is 0 Å². The third kappa shape index (κ3) is 25.0. The number of carbonyl (C=O) groups excluding carboxylic acids is 2. The standard InChI is InChI=1S/C33H64O4/c1-4-7-10-13-14-15-16-17-18-19-20-21-22-23-24-25-28-31(32(34)36-29-26-11-8-5-2)33(35)37-30-27-12-9-6-3/h31H,4-30H2,1-3H3. The average Bonchev–Trinajstić information content (AvgIpc) is 2.90. The minimum Gasteiger partial charge on any atom is -0.465 e. The van der Waals surface area contributed by atoms with E-state index in [4.69, 9.17) is 9.47 Å². The third-order valence-electron chi connectivity index (χ3n) is 7.40. The number of rotatable bonds is 29. The normalized spacial score (nSPS) is 11.2. The Hall–Kier alpha value is -1.06. The summed E-state index contributed by atoms with van der Waals surface area (Å²) < 4.78 is 10.9. The van der Waals surface area contributed by atoms with Gasteiger partial charge in [0.2, 0.25) is 0 Å². The Morgan fingerprint density at radius 3 is 1.00 bits per heavy atom. The molecule has 0 aromatic heterocycles. The van der Waals surface area contributed by atoms with Crippen LogP contribution in [-0.2, 0) is 19.1 Å². The summed E-state index contributed by atoms with van der Waals surface area (Å²) in [6, 6.07) is 0. The minimum absolute atomic E-state index is 0.379. The Morgan fingerprint density at radius 2 is 0.676 bits per heavy atom. The maximum absolute atomic E-state index is 12.6. The first-order valence-corrected chi connectivity index (χ1v) is 16.5. The predicted octanol–water partition coefficient (Wildman–Crippen LogP) is 10.5. The fraction of sp³-hybridized carbons (Fsp3) is 0.939. The Bertz CT molecular complexity index is 465. The monoisotopic (exact) mass is 524 g/mol. The average molecular weight is 525 g/mol. The second-order valence-corrected chi connectivity index (χ2v) is 11.1. The van der Waals surface area contributed by atoms with Crippen LogP contribution in [0.1, 0.15) is 181 Å². The molecule has 0 spiro atoms. The number of unbranched alkanes of at least 4 members (excludes halogenated alkanes) is 21. The van der Waals surface area contributed by atoms with Gasteiger partial charge in [0.25, 0.3) is 0 Å². The number of esters is 2. The van der Waals surface area contributed by atoms with Gasteiger partial charge in [-0.1, -0.05) is 162 Å². The van der Waals surface area contributed by atoms with E-state index in [1.54, 1.807) is 0 Å². The van der Waals surface area contributed by atoms with E-state index in [-0.39, 0.29) is 11.9 Å². The summed E-state index contributed by atoms with van der Waals surface area (Å²) in [6.45, 7) is 7.43. The first-order chi connectivity index (χ1) is 18.2. The molecular formula is C33H64O4. The molecule has 0 radical (unpaired) electrons. The highest BCUT2D eigenvalue weighted by Gasteiger charge is 2.29. The van der Waals surface area contributed by atoms with Gasteiger partial charge in [0.05, 0.1) is 13.2 Å². The second-order valence-electron chi connectivity index (χ2n) is 11.1. The molecule has 0 bridgehead atoms. The zero-order valence-electron chi connectivity index (χ0n) is 25.3. The molecule has 0 atom stereocenters. The lowest BCUT2D eigenvalue weighted by Gasteiger charge is -2.15. The Balaban J connectivity index is 3.95. The van der Waals surface area contributed by atoms with E-state index in [0.717, 1.165) is 64.2 Å². The maximum Gasteiger partial charge on any atom is 0.320 e. The maximum atomic E-state index is 12.6. The van der Waals surface area contributed by atoms with E-state index in [9.17, 15) is 9.59 Å².